The molecule has 0 spiro atoms. The van der Waals surface area contributed by atoms with Crippen molar-refractivity contribution in [3.63, 3.8) is 0 Å². The average Bonchev–Trinajstić information content (AvgIpc) is 2.64. The largest absolute Gasteiger partial charge is 0.478 e. The van der Waals surface area contributed by atoms with Gasteiger partial charge >= 0.3 is 5.97 Å². The smallest absolute Gasteiger partial charge is 0.347 e. The second-order valence-corrected chi connectivity index (χ2v) is 4.39. The van der Waals surface area contributed by atoms with Gasteiger partial charge in [-0.15, -0.1) is 0 Å². The predicted octanol–water partition coefficient (Wildman–Crippen LogP) is 1.71. The van der Waals surface area contributed by atoms with Crippen molar-refractivity contribution in [2.75, 3.05) is 6.61 Å². The molecule has 1 aliphatic rings. The lowest BCUT2D eigenvalue weighted by Crippen LogP contribution is -2.23. The van der Waals surface area contributed by atoms with Gasteiger partial charge in [0.25, 0.3) is 0 Å². The fourth-order valence-electron chi connectivity index (χ4n) is 1.86. The summed E-state index contributed by atoms with van der Waals surface area (Å²) in [4.78, 5) is 11.4. The van der Waals surface area contributed by atoms with Crippen LogP contribution < -0.4 is 10.5 Å². The Kier molecular flexibility index (Phi) is 3.33. The molecule has 1 aliphatic heterocycles. The Labute approximate surface area is 101 Å². The first kappa shape index (κ1) is 11.9. The summed E-state index contributed by atoms with van der Waals surface area (Å²) in [5.41, 5.74) is 7.87. The van der Waals surface area contributed by atoms with E-state index in [2.05, 4.69) is 0 Å². The Balaban J connectivity index is 2.24. The molecule has 0 amide bonds. The summed E-state index contributed by atoms with van der Waals surface area (Å²) in [7, 11) is 0. The molecule has 2 rings (SSSR count). The van der Waals surface area contributed by atoms with E-state index in [0.29, 0.717) is 18.8 Å². The molecule has 2 N–H and O–H groups in total. The van der Waals surface area contributed by atoms with Crippen LogP contribution in [0.2, 0.25) is 0 Å². The Bertz CT molecular complexity index is 429. The van der Waals surface area contributed by atoms with Crippen molar-refractivity contribution in [1.29, 1.82) is 0 Å². The van der Waals surface area contributed by atoms with Crippen LogP contribution in [0.5, 0.6) is 5.75 Å². The molecule has 1 aromatic carbocycles. The fourth-order valence-corrected chi connectivity index (χ4v) is 1.86. The Morgan fingerprint density at radius 2 is 2.29 bits per heavy atom. The lowest BCUT2D eigenvalue weighted by Gasteiger charge is -2.16. The standard InChI is InChI=1S/C13H17NO3/c1-8-3-4-10(9(2)14)12(7-8)17-11-5-6-16-13(11)15/h3-4,7,9,11H,5-6,14H2,1-2H3. The topological polar surface area (TPSA) is 61.6 Å². The minimum absolute atomic E-state index is 0.122. The highest BCUT2D eigenvalue weighted by Crippen LogP contribution is 2.27. The van der Waals surface area contributed by atoms with Gasteiger partial charge in [0.15, 0.2) is 6.10 Å². The normalized spacial score (nSPS) is 21.1. The van der Waals surface area contributed by atoms with Gasteiger partial charge in [-0.3, -0.25) is 0 Å². The first-order chi connectivity index (χ1) is 8.08. The molecular weight excluding hydrogens is 218 g/mol. The molecule has 0 aliphatic carbocycles. The summed E-state index contributed by atoms with van der Waals surface area (Å²) >= 11 is 0. The highest BCUT2D eigenvalue weighted by molar-refractivity contribution is 5.76. The van der Waals surface area contributed by atoms with E-state index >= 15 is 0 Å². The Morgan fingerprint density at radius 3 is 2.88 bits per heavy atom. The molecule has 1 saturated heterocycles. The van der Waals surface area contributed by atoms with Crippen LogP contribution in [0.25, 0.3) is 0 Å². The molecule has 1 fully saturated rings. The number of cyclic esters (lactones) is 1. The molecule has 2 atom stereocenters. The minimum atomic E-state index is -0.491. The number of hydrogen-bond donors (Lipinski definition) is 1. The molecule has 0 radical (unpaired) electrons. The number of nitrogens with two attached hydrogens (primary N) is 1. The average molecular weight is 235 g/mol. The molecule has 17 heavy (non-hydrogen) atoms. The fraction of sp³-hybridized carbons (Fsp3) is 0.462. The van der Waals surface area contributed by atoms with E-state index in [9.17, 15) is 4.79 Å². The molecule has 4 heteroatoms. The number of hydrogen-bond acceptors (Lipinski definition) is 4. The maximum Gasteiger partial charge on any atom is 0.347 e. The molecule has 1 aromatic rings. The quantitative estimate of drug-likeness (QED) is 0.810. The second-order valence-electron chi connectivity index (χ2n) is 4.39. The third kappa shape index (κ3) is 2.58. The van der Waals surface area contributed by atoms with Crippen LogP contribution >= 0.6 is 0 Å². The zero-order valence-electron chi connectivity index (χ0n) is 10.1. The van der Waals surface area contributed by atoms with Crippen molar-refractivity contribution in [2.45, 2.75) is 32.4 Å². The number of esters is 1. The van der Waals surface area contributed by atoms with Gasteiger partial charge in [-0.25, -0.2) is 4.79 Å². The summed E-state index contributed by atoms with van der Waals surface area (Å²) in [6.07, 6.45) is 0.111. The summed E-state index contributed by atoms with van der Waals surface area (Å²) in [5, 5.41) is 0. The lowest BCUT2D eigenvalue weighted by molar-refractivity contribution is -0.143. The Hall–Kier alpha value is -1.55. The van der Waals surface area contributed by atoms with Gasteiger partial charge in [0.2, 0.25) is 0 Å². The third-order valence-corrected chi connectivity index (χ3v) is 2.82. The van der Waals surface area contributed by atoms with E-state index in [4.69, 9.17) is 15.2 Å². The van der Waals surface area contributed by atoms with Crippen LogP contribution in [-0.4, -0.2) is 18.7 Å². The van der Waals surface area contributed by atoms with Crippen molar-refractivity contribution in [1.82, 2.24) is 0 Å². The third-order valence-electron chi connectivity index (χ3n) is 2.82. The van der Waals surface area contributed by atoms with Gasteiger partial charge in [0, 0.05) is 18.0 Å². The van der Waals surface area contributed by atoms with Crippen molar-refractivity contribution >= 4 is 5.97 Å². The van der Waals surface area contributed by atoms with Gasteiger partial charge in [0.05, 0.1) is 6.61 Å². The number of carbonyl (C=O) groups excluding carboxylic acids is 1. The second kappa shape index (κ2) is 4.75. The zero-order valence-corrected chi connectivity index (χ0v) is 10.1. The lowest BCUT2D eigenvalue weighted by atomic mass is 10.1. The molecule has 92 valence electrons. The molecule has 0 aromatic heterocycles. The number of rotatable bonds is 3. The number of benzene rings is 1. The summed E-state index contributed by atoms with van der Waals surface area (Å²) in [6.45, 7) is 4.30. The maximum atomic E-state index is 11.4. The van der Waals surface area contributed by atoms with Crippen LogP contribution in [0.1, 0.15) is 30.5 Å². The molecule has 1 heterocycles. The zero-order chi connectivity index (χ0) is 12.4. The van der Waals surface area contributed by atoms with Gasteiger partial charge in [-0.05, 0) is 25.5 Å². The van der Waals surface area contributed by atoms with Gasteiger partial charge in [0.1, 0.15) is 5.75 Å². The summed E-state index contributed by atoms with van der Waals surface area (Å²) in [5.74, 6) is 0.394. The first-order valence-electron chi connectivity index (χ1n) is 5.77. The van der Waals surface area contributed by atoms with E-state index in [1.165, 1.54) is 0 Å². The van der Waals surface area contributed by atoms with Crippen LogP contribution in [-0.2, 0) is 9.53 Å². The SMILES string of the molecule is Cc1ccc(C(C)N)c(OC2CCOC2=O)c1. The molecular formula is C13H17NO3. The van der Waals surface area contributed by atoms with E-state index in [0.717, 1.165) is 11.1 Å². The van der Waals surface area contributed by atoms with Crippen LogP contribution in [0.4, 0.5) is 0 Å². The number of aryl methyl sites for hydroxylation is 1. The van der Waals surface area contributed by atoms with E-state index in [1.807, 2.05) is 32.0 Å². The number of carbonyl (C=O) groups is 1. The first-order valence-corrected chi connectivity index (χ1v) is 5.77. The van der Waals surface area contributed by atoms with Crippen LogP contribution in [0.3, 0.4) is 0 Å². The van der Waals surface area contributed by atoms with E-state index in [-0.39, 0.29) is 12.0 Å². The maximum absolute atomic E-state index is 11.4. The number of ether oxygens (including phenoxy) is 2. The van der Waals surface area contributed by atoms with Gasteiger partial charge < -0.3 is 15.2 Å². The highest BCUT2D eigenvalue weighted by atomic mass is 16.6. The van der Waals surface area contributed by atoms with Crippen molar-refractivity contribution < 1.29 is 14.3 Å². The Morgan fingerprint density at radius 1 is 1.53 bits per heavy atom. The summed E-state index contributed by atoms with van der Waals surface area (Å²) < 4.78 is 10.6. The van der Waals surface area contributed by atoms with E-state index < -0.39 is 6.10 Å². The van der Waals surface area contributed by atoms with Gasteiger partial charge in [-0.2, -0.15) is 0 Å². The van der Waals surface area contributed by atoms with Crippen LogP contribution in [0, 0.1) is 6.92 Å². The predicted molar refractivity (Wildman–Crippen MR) is 63.8 cm³/mol. The minimum Gasteiger partial charge on any atom is -0.478 e. The summed E-state index contributed by atoms with van der Waals surface area (Å²) in [6, 6.07) is 5.71. The molecule has 4 nitrogen and oxygen atoms in total. The van der Waals surface area contributed by atoms with Crippen LogP contribution in [0.15, 0.2) is 18.2 Å². The van der Waals surface area contributed by atoms with E-state index in [1.54, 1.807) is 0 Å². The van der Waals surface area contributed by atoms with Crippen molar-refractivity contribution in [2.24, 2.45) is 5.73 Å². The highest BCUT2D eigenvalue weighted by Gasteiger charge is 2.29. The molecule has 2 unspecified atom stereocenters. The monoisotopic (exact) mass is 235 g/mol. The molecule has 0 saturated carbocycles. The molecule has 0 bridgehead atoms. The van der Waals surface area contributed by atoms with Crippen molar-refractivity contribution in [3.05, 3.63) is 29.3 Å². The van der Waals surface area contributed by atoms with Crippen molar-refractivity contribution in [3.8, 4) is 5.75 Å². The van der Waals surface area contributed by atoms with Gasteiger partial charge in [-0.1, -0.05) is 12.1 Å².